The molecule has 0 amide bonds. The minimum atomic E-state index is 0.472. The molecule has 0 bridgehead atoms. The van der Waals surface area contributed by atoms with Crippen LogP contribution in [0.3, 0.4) is 0 Å². The number of nitrogens with zero attached hydrogens (tertiary/aromatic N) is 3. The van der Waals surface area contributed by atoms with Crippen LogP contribution in [-0.2, 0) is 6.54 Å². The Morgan fingerprint density at radius 2 is 1.95 bits per heavy atom. The van der Waals surface area contributed by atoms with E-state index in [9.17, 15) is 0 Å². The average Bonchev–Trinajstić information content (AvgIpc) is 2.38. The SMILES string of the molecule is Cc1ccc(N(C)c2ncc(CN)c(C)n2)c(C)c1. The first-order valence-corrected chi connectivity index (χ1v) is 6.36. The number of nitrogens with two attached hydrogens (primary N) is 1. The highest BCUT2D eigenvalue weighted by atomic mass is 15.2. The maximum atomic E-state index is 5.64. The summed E-state index contributed by atoms with van der Waals surface area (Å²) in [4.78, 5) is 10.9. The maximum Gasteiger partial charge on any atom is 0.229 e. The molecular weight excluding hydrogens is 236 g/mol. The van der Waals surface area contributed by atoms with Crippen molar-refractivity contribution >= 4 is 11.6 Å². The van der Waals surface area contributed by atoms with Gasteiger partial charge in [-0.15, -0.1) is 0 Å². The Morgan fingerprint density at radius 1 is 1.21 bits per heavy atom. The van der Waals surface area contributed by atoms with Crippen LogP contribution in [0.4, 0.5) is 11.6 Å². The molecule has 2 N–H and O–H groups in total. The average molecular weight is 256 g/mol. The van der Waals surface area contributed by atoms with Gasteiger partial charge in [0.15, 0.2) is 0 Å². The topological polar surface area (TPSA) is 55.0 Å². The van der Waals surface area contributed by atoms with Gasteiger partial charge in [0.25, 0.3) is 0 Å². The van der Waals surface area contributed by atoms with Crippen molar-refractivity contribution in [3.8, 4) is 0 Å². The van der Waals surface area contributed by atoms with Gasteiger partial charge in [0, 0.05) is 36.7 Å². The number of anilines is 2. The van der Waals surface area contributed by atoms with E-state index >= 15 is 0 Å². The maximum absolute atomic E-state index is 5.64. The van der Waals surface area contributed by atoms with Crippen LogP contribution in [0.5, 0.6) is 0 Å². The largest absolute Gasteiger partial charge is 0.326 e. The monoisotopic (exact) mass is 256 g/mol. The molecule has 0 aliphatic rings. The molecule has 1 aromatic carbocycles. The van der Waals surface area contributed by atoms with Crippen LogP contribution in [0, 0.1) is 20.8 Å². The molecule has 0 atom stereocenters. The highest BCUT2D eigenvalue weighted by Crippen LogP contribution is 2.25. The van der Waals surface area contributed by atoms with Crippen LogP contribution in [0.1, 0.15) is 22.4 Å². The number of aryl methyl sites for hydroxylation is 3. The molecule has 2 aromatic rings. The van der Waals surface area contributed by atoms with Gasteiger partial charge in [-0.1, -0.05) is 17.7 Å². The Bertz CT molecular complexity index is 593. The van der Waals surface area contributed by atoms with E-state index < -0.39 is 0 Å². The summed E-state index contributed by atoms with van der Waals surface area (Å²) in [5, 5.41) is 0. The summed E-state index contributed by atoms with van der Waals surface area (Å²) >= 11 is 0. The van der Waals surface area contributed by atoms with Crippen LogP contribution >= 0.6 is 0 Å². The summed E-state index contributed by atoms with van der Waals surface area (Å²) < 4.78 is 0. The van der Waals surface area contributed by atoms with Crippen LogP contribution < -0.4 is 10.6 Å². The van der Waals surface area contributed by atoms with E-state index in [4.69, 9.17) is 5.73 Å². The number of aromatic nitrogens is 2. The van der Waals surface area contributed by atoms with E-state index in [0.29, 0.717) is 12.5 Å². The van der Waals surface area contributed by atoms with Crippen LogP contribution in [0.25, 0.3) is 0 Å². The number of hydrogen-bond acceptors (Lipinski definition) is 4. The molecule has 1 aromatic heterocycles. The lowest BCUT2D eigenvalue weighted by molar-refractivity contribution is 0.941. The fourth-order valence-electron chi connectivity index (χ4n) is 2.13. The second-order valence-electron chi connectivity index (χ2n) is 4.83. The van der Waals surface area contributed by atoms with Gasteiger partial charge < -0.3 is 10.6 Å². The van der Waals surface area contributed by atoms with Crippen molar-refractivity contribution in [2.75, 3.05) is 11.9 Å². The van der Waals surface area contributed by atoms with Crippen LogP contribution in [0.15, 0.2) is 24.4 Å². The minimum absolute atomic E-state index is 0.472. The van der Waals surface area contributed by atoms with Gasteiger partial charge in [0.05, 0.1) is 0 Å². The summed E-state index contributed by atoms with van der Waals surface area (Å²) in [5.41, 5.74) is 11.1. The van der Waals surface area contributed by atoms with Gasteiger partial charge in [0.2, 0.25) is 5.95 Å². The van der Waals surface area contributed by atoms with Crippen LogP contribution in [-0.4, -0.2) is 17.0 Å². The molecule has 1 heterocycles. The number of rotatable bonds is 3. The summed E-state index contributed by atoms with van der Waals surface area (Å²) in [6.07, 6.45) is 1.80. The predicted octanol–water partition coefficient (Wildman–Crippen LogP) is 2.63. The molecule has 4 nitrogen and oxygen atoms in total. The van der Waals surface area contributed by atoms with Gasteiger partial charge >= 0.3 is 0 Å². The van der Waals surface area contributed by atoms with Gasteiger partial charge in [-0.3, -0.25) is 0 Å². The molecule has 2 rings (SSSR count). The third-order valence-corrected chi connectivity index (χ3v) is 3.30. The van der Waals surface area contributed by atoms with E-state index in [1.54, 1.807) is 6.20 Å². The Labute approximate surface area is 114 Å². The van der Waals surface area contributed by atoms with E-state index in [0.717, 1.165) is 16.9 Å². The van der Waals surface area contributed by atoms with Crippen molar-refractivity contribution in [1.82, 2.24) is 9.97 Å². The highest BCUT2D eigenvalue weighted by Gasteiger charge is 2.11. The summed E-state index contributed by atoms with van der Waals surface area (Å²) in [6.45, 7) is 6.62. The van der Waals surface area contributed by atoms with Crippen molar-refractivity contribution < 1.29 is 0 Å². The minimum Gasteiger partial charge on any atom is -0.326 e. The molecule has 0 saturated carbocycles. The molecular formula is C15H20N4. The molecule has 0 saturated heterocycles. The number of benzene rings is 1. The normalized spacial score (nSPS) is 10.6. The highest BCUT2D eigenvalue weighted by molar-refractivity contribution is 5.61. The smallest absolute Gasteiger partial charge is 0.229 e. The Balaban J connectivity index is 2.38. The van der Waals surface area contributed by atoms with E-state index in [2.05, 4.69) is 42.0 Å². The lowest BCUT2D eigenvalue weighted by Crippen LogP contribution is -2.16. The predicted molar refractivity (Wildman–Crippen MR) is 78.6 cm³/mol. The fraction of sp³-hybridized carbons (Fsp3) is 0.333. The molecule has 0 spiro atoms. The Kier molecular flexibility index (Phi) is 3.81. The van der Waals surface area contributed by atoms with E-state index in [1.165, 1.54) is 11.1 Å². The van der Waals surface area contributed by atoms with Gasteiger partial charge in [-0.25, -0.2) is 9.97 Å². The summed E-state index contributed by atoms with van der Waals surface area (Å²) in [6, 6.07) is 6.35. The van der Waals surface area contributed by atoms with Crippen LogP contribution in [0.2, 0.25) is 0 Å². The van der Waals surface area contributed by atoms with Crippen molar-refractivity contribution in [2.24, 2.45) is 5.73 Å². The quantitative estimate of drug-likeness (QED) is 0.917. The van der Waals surface area contributed by atoms with E-state index in [-0.39, 0.29) is 0 Å². The standard InChI is InChI=1S/C15H20N4/c1-10-5-6-14(11(2)7-10)19(4)15-17-9-13(8-16)12(3)18-15/h5-7,9H,8,16H2,1-4H3. The van der Waals surface area contributed by atoms with E-state index in [1.807, 2.05) is 18.9 Å². The molecule has 19 heavy (non-hydrogen) atoms. The molecule has 100 valence electrons. The Morgan fingerprint density at radius 3 is 2.53 bits per heavy atom. The molecule has 0 radical (unpaired) electrons. The zero-order chi connectivity index (χ0) is 14.0. The fourth-order valence-corrected chi connectivity index (χ4v) is 2.13. The first-order chi connectivity index (χ1) is 9.02. The first-order valence-electron chi connectivity index (χ1n) is 6.36. The lowest BCUT2D eigenvalue weighted by atomic mass is 10.1. The zero-order valence-corrected chi connectivity index (χ0v) is 11.9. The van der Waals surface area contributed by atoms with Crippen molar-refractivity contribution in [3.05, 3.63) is 46.8 Å². The second-order valence-corrected chi connectivity index (χ2v) is 4.83. The summed E-state index contributed by atoms with van der Waals surface area (Å²) in [7, 11) is 1.98. The third-order valence-electron chi connectivity index (χ3n) is 3.30. The third kappa shape index (κ3) is 2.74. The molecule has 4 heteroatoms. The first kappa shape index (κ1) is 13.5. The summed E-state index contributed by atoms with van der Waals surface area (Å²) in [5.74, 6) is 0.696. The second kappa shape index (κ2) is 5.36. The molecule has 0 fully saturated rings. The lowest BCUT2D eigenvalue weighted by Gasteiger charge is -2.20. The van der Waals surface area contributed by atoms with Gasteiger partial charge in [-0.2, -0.15) is 0 Å². The number of hydrogen-bond donors (Lipinski definition) is 1. The molecule has 0 unspecified atom stereocenters. The van der Waals surface area contributed by atoms with Crippen molar-refractivity contribution in [2.45, 2.75) is 27.3 Å². The van der Waals surface area contributed by atoms with Gasteiger partial charge in [0.1, 0.15) is 0 Å². The molecule has 0 aliphatic carbocycles. The Hall–Kier alpha value is -1.94. The van der Waals surface area contributed by atoms with Crippen molar-refractivity contribution in [3.63, 3.8) is 0 Å². The van der Waals surface area contributed by atoms with Gasteiger partial charge in [-0.05, 0) is 32.4 Å². The zero-order valence-electron chi connectivity index (χ0n) is 11.9. The van der Waals surface area contributed by atoms with Crippen molar-refractivity contribution in [1.29, 1.82) is 0 Å². The molecule has 0 aliphatic heterocycles.